The molecule has 1 aromatic carbocycles. The Balaban J connectivity index is 2.04. The van der Waals surface area contributed by atoms with Crippen molar-refractivity contribution in [2.24, 2.45) is 7.05 Å². The van der Waals surface area contributed by atoms with E-state index in [1.165, 1.54) is 7.05 Å². The minimum Gasteiger partial charge on any atom is -0.362 e. The first kappa shape index (κ1) is 18.0. The normalized spacial score (nSPS) is 14.6. The molecule has 1 aliphatic rings. The first-order chi connectivity index (χ1) is 12.5. The van der Waals surface area contributed by atoms with Crippen LogP contribution in [0.3, 0.4) is 0 Å². The summed E-state index contributed by atoms with van der Waals surface area (Å²) < 4.78 is 2.72. The van der Waals surface area contributed by atoms with Crippen molar-refractivity contribution in [1.29, 1.82) is 0 Å². The summed E-state index contributed by atoms with van der Waals surface area (Å²) in [4.78, 5) is 41.2. The molecule has 0 saturated carbocycles. The zero-order chi connectivity index (χ0) is 18.8. The van der Waals surface area contributed by atoms with Crippen molar-refractivity contribution in [2.75, 3.05) is 31.1 Å². The van der Waals surface area contributed by atoms with E-state index < -0.39 is 0 Å². The van der Waals surface area contributed by atoms with Gasteiger partial charge in [-0.3, -0.25) is 18.7 Å². The Bertz CT molecular complexity index is 922. The van der Waals surface area contributed by atoms with Gasteiger partial charge in [0.25, 0.3) is 5.56 Å². The summed E-state index contributed by atoms with van der Waals surface area (Å²) in [7, 11) is 1.50. The lowest BCUT2D eigenvalue weighted by atomic mass is 10.2. The molecule has 0 bridgehead atoms. The van der Waals surface area contributed by atoms with E-state index in [1.54, 1.807) is 11.5 Å². The van der Waals surface area contributed by atoms with Crippen molar-refractivity contribution < 1.29 is 4.79 Å². The summed E-state index contributed by atoms with van der Waals surface area (Å²) >= 11 is 0. The van der Waals surface area contributed by atoms with Crippen LogP contribution in [-0.4, -0.2) is 46.1 Å². The SMILES string of the molecule is CCC(=O)N1CCN(c2c(C)n(-c3ccccc3)c(=O)n(C)c2=O)CC1. The third kappa shape index (κ3) is 3.05. The van der Waals surface area contributed by atoms with E-state index >= 15 is 0 Å². The molecule has 7 nitrogen and oxygen atoms in total. The molecule has 0 unspecified atom stereocenters. The first-order valence-corrected chi connectivity index (χ1v) is 8.86. The van der Waals surface area contributed by atoms with E-state index in [1.807, 2.05) is 47.1 Å². The number of hydrogen-bond acceptors (Lipinski definition) is 4. The van der Waals surface area contributed by atoms with Crippen LogP contribution in [0.1, 0.15) is 19.0 Å². The molecule has 1 fully saturated rings. The molecule has 7 heteroatoms. The Morgan fingerprint density at radius 2 is 1.65 bits per heavy atom. The van der Waals surface area contributed by atoms with Crippen molar-refractivity contribution in [1.82, 2.24) is 14.0 Å². The topological polar surface area (TPSA) is 67.6 Å². The van der Waals surface area contributed by atoms with Crippen molar-refractivity contribution in [3.8, 4) is 5.69 Å². The lowest BCUT2D eigenvalue weighted by molar-refractivity contribution is -0.131. The molecule has 0 aliphatic carbocycles. The van der Waals surface area contributed by atoms with E-state index in [2.05, 4.69) is 0 Å². The van der Waals surface area contributed by atoms with Crippen LogP contribution in [0.4, 0.5) is 5.69 Å². The van der Waals surface area contributed by atoms with Gasteiger partial charge in [-0.05, 0) is 19.1 Å². The zero-order valence-electron chi connectivity index (χ0n) is 15.4. The lowest BCUT2D eigenvalue weighted by Crippen LogP contribution is -2.52. The molecule has 3 rings (SSSR count). The molecule has 0 radical (unpaired) electrons. The largest absolute Gasteiger partial charge is 0.362 e. The van der Waals surface area contributed by atoms with Crippen LogP contribution in [0.15, 0.2) is 39.9 Å². The summed E-state index contributed by atoms with van der Waals surface area (Å²) in [6, 6.07) is 9.31. The standard InChI is InChI=1S/C19H24N4O3/c1-4-16(24)21-10-12-22(13-11-21)17-14(2)23(15-8-6-5-7-9-15)19(26)20(3)18(17)25/h5-9H,4,10-13H2,1-3H3. The van der Waals surface area contributed by atoms with Gasteiger partial charge in [-0.15, -0.1) is 0 Å². The maximum Gasteiger partial charge on any atom is 0.335 e. The van der Waals surface area contributed by atoms with E-state index in [0.29, 0.717) is 44.0 Å². The Labute approximate surface area is 152 Å². The van der Waals surface area contributed by atoms with Gasteiger partial charge in [0, 0.05) is 39.6 Å². The monoisotopic (exact) mass is 356 g/mol. The van der Waals surface area contributed by atoms with Gasteiger partial charge in [-0.25, -0.2) is 4.79 Å². The lowest BCUT2D eigenvalue weighted by Gasteiger charge is -2.36. The number of aromatic nitrogens is 2. The van der Waals surface area contributed by atoms with E-state index in [9.17, 15) is 14.4 Å². The number of rotatable bonds is 3. The summed E-state index contributed by atoms with van der Waals surface area (Å²) in [6.45, 7) is 5.97. The van der Waals surface area contributed by atoms with E-state index in [0.717, 1.165) is 10.3 Å². The smallest absolute Gasteiger partial charge is 0.335 e. The summed E-state index contributed by atoms with van der Waals surface area (Å²) in [5, 5.41) is 0. The Morgan fingerprint density at radius 1 is 1.04 bits per heavy atom. The highest BCUT2D eigenvalue weighted by Crippen LogP contribution is 2.19. The van der Waals surface area contributed by atoms with Gasteiger partial charge in [-0.2, -0.15) is 0 Å². The van der Waals surface area contributed by atoms with Crippen LogP contribution >= 0.6 is 0 Å². The predicted molar refractivity (Wildman–Crippen MR) is 101 cm³/mol. The van der Waals surface area contributed by atoms with Crippen LogP contribution in [0.25, 0.3) is 5.69 Å². The maximum atomic E-state index is 12.8. The Hall–Kier alpha value is -2.83. The van der Waals surface area contributed by atoms with Crippen LogP contribution in [-0.2, 0) is 11.8 Å². The number of benzene rings is 1. The predicted octanol–water partition coefficient (Wildman–Crippen LogP) is 0.903. The van der Waals surface area contributed by atoms with Crippen molar-refractivity contribution in [2.45, 2.75) is 20.3 Å². The van der Waals surface area contributed by atoms with Gasteiger partial charge < -0.3 is 9.80 Å². The second kappa shape index (κ2) is 7.19. The molecule has 2 aromatic rings. The minimum absolute atomic E-state index is 0.128. The molecule has 138 valence electrons. The number of nitrogens with zero attached hydrogens (tertiary/aromatic N) is 4. The van der Waals surface area contributed by atoms with Gasteiger partial charge in [0.2, 0.25) is 5.91 Å². The Kier molecular flexibility index (Phi) is 4.97. The van der Waals surface area contributed by atoms with Crippen LogP contribution in [0, 0.1) is 6.92 Å². The molecule has 1 saturated heterocycles. The summed E-state index contributed by atoms with van der Waals surface area (Å²) in [5.41, 5.74) is 1.22. The Morgan fingerprint density at radius 3 is 2.23 bits per heavy atom. The van der Waals surface area contributed by atoms with Crippen LogP contribution < -0.4 is 16.1 Å². The minimum atomic E-state index is -0.359. The fourth-order valence-electron chi connectivity index (χ4n) is 3.45. The number of para-hydroxylation sites is 1. The van der Waals surface area contributed by atoms with Crippen molar-refractivity contribution >= 4 is 11.6 Å². The zero-order valence-corrected chi connectivity index (χ0v) is 15.4. The number of hydrogen-bond donors (Lipinski definition) is 0. The molecule has 0 atom stereocenters. The van der Waals surface area contributed by atoms with Gasteiger partial charge in [-0.1, -0.05) is 25.1 Å². The van der Waals surface area contributed by atoms with Crippen molar-refractivity contribution in [3.05, 3.63) is 56.9 Å². The quantitative estimate of drug-likeness (QED) is 0.820. The molecule has 2 heterocycles. The number of amides is 1. The number of carbonyl (C=O) groups is 1. The third-order valence-corrected chi connectivity index (χ3v) is 4.93. The van der Waals surface area contributed by atoms with Gasteiger partial charge in [0.15, 0.2) is 0 Å². The van der Waals surface area contributed by atoms with E-state index in [-0.39, 0.29) is 17.2 Å². The van der Waals surface area contributed by atoms with Crippen LogP contribution in [0.5, 0.6) is 0 Å². The molecule has 26 heavy (non-hydrogen) atoms. The molecule has 1 aliphatic heterocycles. The number of anilines is 1. The molecule has 0 N–H and O–H groups in total. The maximum absolute atomic E-state index is 12.8. The molecule has 0 spiro atoms. The fraction of sp³-hybridized carbons (Fsp3) is 0.421. The highest BCUT2D eigenvalue weighted by atomic mass is 16.2. The third-order valence-electron chi connectivity index (χ3n) is 4.93. The molecular formula is C19H24N4O3. The fourth-order valence-corrected chi connectivity index (χ4v) is 3.45. The molecule has 1 aromatic heterocycles. The van der Waals surface area contributed by atoms with Crippen molar-refractivity contribution in [3.63, 3.8) is 0 Å². The molecular weight excluding hydrogens is 332 g/mol. The average Bonchev–Trinajstić information content (AvgIpc) is 2.67. The average molecular weight is 356 g/mol. The van der Waals surface area contributed by atoms with Gasteiger partial charge in [0.1, 0.15) is 5.69 Å². The molecule has 1 amide bonds. The number of piperazine rings is 1. The van der Waals surface area contributed by atoms with Crippen LogP contribution in [0.2, 0.25) is 0 Å². The van der Waals surface area contributed by atoms with Gasteiger partial charge >= 0.3 is 5.69 Å². The summed E-state index contributed by atoms with van der Waals surface area (Å²) in [5.74, 6) is 0.128. The van der Waals surface area contributed by atoms with E-state index in [4.69, 9.17) is 0 Å². The highest BCUT2D eigenvalue weighted by molar-refractivity contribution is 5.76. The second-order valence-electron chi connectivity index (χ2n) is 6.47. The highest BCUT2D eigenvalue weighted by Gasteiger charge is 2.25. The summed E-state index contributed by atoms with van der Waals surface area (Å²) in [6.07, 6.45) is 0.486. The van der Waals surface area contributed by atoms with Gasteiger partial charge in [0.05, 0.1) is 11.4 Å². The number of carbonyl (C=O) groups excluding carboxylic acids is 1. The second-order valence-corrected chi connectivity index (χ2v) is 6.47. The first-order valence-electron chi connectivity index (χ1n) is 8.86.